The van der Waals surface area contributed by atoms with Crippen molar-refractivity contribution in [2.45, 2.75) is 32.6 Å². The van der Waals surface area contributed by atoms with Gasteiger partial charge in [-0.3, -0.25) is 0 Å². The molecule has 0 saturated carbocycles. The highest BCUT2D eigenvalue weighted by Gasteiger charge is 1.87. The first-order valence-corrected chi connectivity index (χ1v) is 3.20. The molecule has 0 heterocycles. The van der Waals surface area contributed by atoms with Crippen LogP contribution in [0.5, 0.6) is 0 Å². The van der Waals surface area contributed by atoms with Crippen LogP contribution in [-0.2, 0) is 0 Å². The minimum Gasteiger partial charge on any atom is -0.0702 e. The zero-order valence-electron chi connectivity index (χ0n) is 5.61. The lowest BCUT2D eigenvalue weighted by atomic mass is 10.1. The molecule has 46 valence electrons. The maximum atomic E-state index is 5.51. The van der Waals surface area contributed by atoms with Crippen LogP contribution >= 0.6 is 0 Å². The summed E-state index contributed by atoms with van der Waals surface area (Å²) in [6.07, 6.45) is 4.28. The second kappa shape index (κ2) is 4.89. The first-order valence-electron chi connectivity index (χ1n) is 3.20. The van der Waals surface area contributed by atoms with Crippen molar-refractivity contribution >= 4 is 0 Å². The average molecular weight is 110 g/mol. The smallest absolute Gasteiger partial charge is 0.0317 e. The molecule has 0 nitrogen and oxygen atoms in total. The number of unbranched alkanes of at least 4 members (excludes halogenated alkanes) is 1. The van der Waals surface area contributed by atoms with Crippen molar-refractivity contribution in [2.24, 2.45) is 0 Å². The lowest BCUT2D eigenvalue weighted by Gasteiger charge is -1.96. The molecule has 0 fully saturated rings. The Hall–Kier alpha value is -0.260. The quantitative estimate of drug-likeness (QED) is 0.522. The molecule has 0 unspecified atom stereocenters. The van der Waals surface area contributed by atoms with E-state index in [0.717, 1.165) is 18.4 Å². The van der Waals surface area contributed by atoms with Gasteiger partial charge in [0.2, 0.25) is 0 Å². The van der Waals surface area contributed by atoms with Crippen LogP contribution in [0.15, 0.2) is 5.57 Å². The zero-order chi connectivity index (χ0) is 6.41. The van der Waals surface area contributed by atoms with Gasteiger partial charge in [0.1, 0.15) is 0 Å². The van der Waals surface area contributed by atoms with Gasteiger partial charge in [0.05, 0.1) is 0 Å². The molecule has 0 saturated heterocycles. The largest absolute Gasteiger partial charge is 0.0702 e. The molecule has 0 aromatic carbocycles. The predicted octanol–water partition coefficient (Wildman–Crippen LogP) is 2.76. The summed E-state index contributed by atoms with van der Waals surface area (Å²) >= 11 is 0. The Morgan fingerprint density at radius 1 is 1.62 bits per heavy atom. The minimum atomic E-state index is 0.792. The van der Waals surface area contributed by atoms with E-state index in [0.29, 0.717) is 0 Å². The maximum Gasteiger partial charge on any atom is -0.0317 e. The average Bonchev–Trinajstić information content (AvgIpc) is 1.83. The molecule has 0 N–H and O–H groups in total. The maximum absolute atomic E-state index is 5.51. The van der Waals surface area contributed by atoms with Gasteiger partial charge in [-0.1, -0.05) is 25.5 Å². The van der Waals surface area contributed by atoms with Gasteiger partial charge in [-0.2, -0.15) is 0 Å². The van der Waals surface area contributed by atoms with E-state index < -0.39 is 0 Å². The molecule has 0 heteroatoms. The highest BCUT2D eigenvalue weighted by Crippen LogP contribution is 2.06. The third-order valence-corrected chi connectivity index (χ3v) is 1.17. The van der Waals surface area contributed by atoms with Gasteiger partial charge in [-0.05, 0) is 26.2 Å². The fourth-order valence-corrected chi connectivity index (χ4v) is 0.529. The summed E-state index contributed by atoms with van der Waals surface area (Å²) in [6.45, 7) is 11.4. The summed E-state index contributed by atoms with van der Waals surface area (Å²) in [5.41, 5.74) is 1.03. The van der Waals surface area contributed by atoms with E-state index in [4.69, 9.17) is 6.58 Å². The van der Waals surface area contributed by atoms with Crippen LogP contribution in [0, 0.1) is 13.5 Å². The molecule has 0 amide bonds. The van der Waals surface area contributed by atoms with Crippen LogP contribution in [-0.4, -0.2) is 0 Å². The molecule has 8 heavy (non-hydrogen) atoms. The monoisotopic (exact) mass is 110 g/mol. The van der Waals surface area contributed by atoms with E-state index in [1.54, 1.807) is 0 Å². The SMILES string of the molecule is [CH]=C(C[CH2])CCCC. The molecule has 0 spiro atoms. The van der Waals surface area contributed by atoms with Crippen LogP contribution in [0.1, 0.15) is 32.6 Å². The van der Waals surface area contributed by atoms with Crippen LogP contribution in [0.2, 0.25) is 0 Å². The normalized spacial score (nSPS) is 9.25. The van der Waals surface area contributed by atoms with Gasteiger partial charge < -0.3 is 0 Å². The van der Waals surface area contributed by atoms with Gasteiger partial charge in [0, 0.05) is 0 Å². The van der Waals surface area contributed by atoms with E-state index in [-0.39, 0.29) is 0 Å². The van der Waals surface area contributed by atoms with Crippen molar-refractivity contribution in [3.05, 3.63) is 19.1 Å². The molecular weight excluding hydrogens is 96.1 g/mol. The molecule has 0 aliphatic carbocycles. The topological polar surface area (TPSA) is 0 Å². The summed E-state index contributed by atoms with van der Waals surface area (Å²) < 4.78 is 0. The van der Waals surface area contributed by atoms with Crippen LogP contribution < -0.4 is 0 Å². The van der Waals surface area contributed by atoms with Crippen molar-refractivity contribution < 1.29 is 0 Å². The zero-order valence-corrected chi connectivity index (χ0v) is 5.61. The Balaban J connectivity index is 2.99. The number of rotatable bonds is 4. The Bertz CT molecular complexity index is 62.4. The van der Waals surface area contributed by atoms with E-state index >= 15 is 0 Å². The molecule has 0 bridgehead atoms. The van der Waals surface area contributed by atoms with E-state index in [9.17, 15) is 0 Å². The van der Waals surface area contributed by atoms with Crippen molar-refractivity contribution in [1.82, 2.24) is 0 Å². The van der Waals surface area contributed by atoms with Gasteiger partial charge in [0.25, 0.3) is 0 Å². The molecule has 0 aromatic rings. The first kappa shape index (κ1) is 7.74. The summed E-state index contributed by atoms with van der Waals surface area (Å²) in [6, 6.07) is 0. The van der Waals surface area contributed by atoms with Crippen LogP contribution in [0.4, 0.5) is 0 Å². The molecule has 0 aliphatic heterocycles. The van der Waals surface area contributed by atoms with Gasteiger partial charge >= 0.3 is 0 Å². The summed E-state index contributed by atoms with van der Waals surface area (Å²) in [7, 11) is 0. The Morgan fingerprint density at radius 3 is 2.62 bits per heavy atom. The van der Waals surface area contributed by atoms with Gasteiger partial charge in [-0.15, -0.1) is 0 Å². The summed E-state index contributed by atoms with van der Waals surface area (Å²) in [5, 5.41) is 0. The summed E-state index contributed by atoms with van der Waals surface area (Å²) in [5.74, 6) is 0. The Morgan fingerprint density at radius 2 is 2.25 bits per heavy atom. The first-order chi connectivity index (χ1) is 3.81. The van der Waals surface area contributed by atoms with Crippen LogP contribution in [0.25, 0.3) is 0 Å². The number of hydrogen-bond acceptors (Lipinski definition) is 0. The highest BCUT2D eigenvalue weighted by atomic mass is 13.9. The summed E-state index contributed by atoms with van der Waals surface area (Å²) in [4.78, 5) is 0. The third kappa shape index (κ3) is 3.91. The van der Waals surface area contributed by atoms with Crippen molar-refractivity contribution in [2.75, 3.05) is 0 Å². The second-order valence-electron chi connectivity index (χ2n) is 2.01. The molecule has 2 radical (unpaired) electrons. The minimum absolute atomic E-state index is 0.792. The lowest BCUT2D eigenvalue weighted by molar-refractivity contribution is 0.776. The van der Waals surface area contributed by atoms with Crippen molar-refractivity contribution in [3.63, 3.8) is 0 Å². The lowest BCUT2D eigenvalue weighted by Crippen LogP contribution is -1.77. The van der Waals surface area contributed by atoms with Crippen molar-refractivity contribution in [1.29, 1.82) is 0 Å². The molecule has 0 aliphatic rings. The fourth-order valence-electron chi connectivity index (χ4n) is 0.529. The Kier molecular flexibility index (Phi) is 4.73. The standard InChI is InChI=1S/C8H14/c1-4-6-7-8(3)5-2/h3H,2,4-7H2,1H3. The second-order valence-corrected chi connectivity index (χ2v) is 2.01. The molecule has 0 atom stereocenters. The number of hydrogen-bond donors (Lipinski definition) is 0. The number of allylic oxidation sites excluding steroid dienone is 1. The molecular formula is C8H14. The van der Waals surface area contributed by atoms with Gasteiger partial charge in [0.15, 0.2) is 0 Å². The van der Waals surface area contributed by atoms with Crippen LogP contribution in [0.3, 0.4) is 0 Å². The fraction of sp³-hybridized carbons (Fsp3) is 0.625. The van der Waals surface area contributed by atoms with Crippen molar-refractivity contribution in [3.8, 4) is 0 Å². The van der Waals surface area contributed by atoms with E-state index in [1.807, 2.05) is 0 Å². The van der Waals surface area contributed by atoms with E-state index in [2.05, 4.69) is 13.8 Å². The highest BCUT2D eigenvalue weighted by molar-refractivity contribution is 4.91. The Labute approximate surface area is 52.6 Å². The predicted molar refractivity (Wildman–Crippen MR) is 37.3 cm³/mol. The van der Waals surface area contributed by atoms with E-state index in [1.165, 1.54) is 12.8 Å². The molecule has 0 aromatic heterocycles. The molecule has 0 rings (SSSR count). The third-order valence-electron chi connectivity index (χ3n) is 1.17. The van der Waals surface area contributed by atoms with Gasteiger partial charge in [-0.25, -0.2) is 0 Å².